The Hall–Kier alpha value is -3.78. The van der Waals surface area contributed by atoms with Crippen molar-refractivity contribution in [3.05, 3.63) is 70.9 Å². The van der Waals surface area contributed by atoms with Crippen molar-refractivity contribution in [2.45, 2.75) is 19.6 Å². The van der Waals surface area contributed by atoms with Crippen molar-refractivity contribution in [2.24, 2.45) is 5.73 Å². The summed E-state index contributed by atoms with van der Waals surface area (Å²) < 4.78 is 11.1. The van der Waals surface area contributed by atoms with Crippen LogP contribution in [0, 0.1) is 0 Å². The second-order valence-electron chi connectivity index (χ2n) is 7.04. The number of aromatic nitrogens is 3. The van der Waals surface area contributed by atoms with Crippen molar-refractivity contribution >= 4 is 22.6 Å². The van der Waals surface area contributed by atoms with Crippen molar-refractivity contribution in [3.8, 4) is 11.6 Å². The highest BCUT2D eigenvalue weighted by molar-refractivity contribution is 6.07. The number of amides is 1. The van der Waals surface area contributed by atoms with Gasteiger partial charge in [0.1, 0.15) is 11.3 Å². The second kappa shape index (κ2) is 7.57. The Kier molecular flexibility index (Phi) is 4.61. The van der Waals surface area contributed by atoms with E-state index < -0.39 is 5.91 Å². The second-order valence-corrected chi connectivity index (χ2v) is 7.04. The molecular weight excluding hydrogens is 382 g/mol. The number of rotatable bonds is 5. The van der Waals surface area contributed by atoms with Gasteiger partial charge in [-0.25, -0.2) is 9.97 Å². The first-order chi connectivity index (χ1) is 14.7. The largest absolute Gasteiger partial charge is 0.375 e. The van der Waals surface area contributed by atoms with Crippen LogP contribution in [0.2, 0.25) is 0 Å². The van der Waals surface area contributed by atoms with E-state index in [-0.39, 0.29) is 0 Å². The van der Waals surface area contributed by atoms with E-state index in [0.717, 1.165) is 29.1 Å². The minimum atomic E-state index is -0.564. The number of hydrogen-bond acceptors (Lipinski definition) is 7. The van der Waals surface area contributed by atoms with E-state index in [9.17, 15) is 4.79 Å². The summed E-state index contributed by atoms with van der Waals surface area (Å²) in [4.78, 5) is 21.1. The molecule has 2 aromatic carbocycles. The van der Waals surface area contributed by atoms with Crippen LogP contribution in [-0.4, -0.2) is 27.6 Å². The van der Waals surface area contributed by atoms with Gasteiger partial charge in [0.25, 0.3) is 5.91 Å². The number of nitrogens with one attached hydrogen (secondary N) is 1. The monoisotopic (exact) mass is 401 g/mol. The van der Waals surface area contributed by atoms with E-state index in [4.69, 9.17) is 20.0 Å². The van der Waals surface area contributed by atoms with Gasteiger partial charge in [-0.1, -0.05) is 41.6 Å². The molecule has 0 saturated carbocycles. The number of fused-ring (bicyclic) bond motifs is 2. The minimum absolute atomic E-state index is 0.297. The topological polar surface area (TPSA) is 116 Å². The van der Waals surface area contributed by atoms with Crippen LogP contribution in [0.25, 0.3) is 22.5 Å². The third-order valence-corrected chi connectivity index (χ3v) is 5.11. The van der Waals surface area contributed by atoms with Gasteiger partial charge in [-0.15, -0.1) is 0 Å². The predicted octanol–water partition coefficient (Wildman–Crippen LogP) is 3.07. The molecule has 1 aliphatic heterocycles. The molecular formula is C22H19N5O3. The summed E-state index contributed by atoms with van der Waals surface area (Å²) in [6.07, 6.45) is 0.732. The van der Waals surface area contributed by atoms with Gasteiger partial charge in [-0.3, -0.25) is 4.79 Å². The van der Waals surface area contributed by atoms with Crippen LogP contribution in [0.4, 0.5) is 5.82 Å². The summed E-state index contributed by atoms with van der Waals surface area (Å²) in [6, 6.07) is 15.3. The fraction of sp³-hybridized carbons (Fsp3) is 0.182. The predicted molar refractivity (Wildman–Crippen MR) is 111 cm³/mol. The molecule has 0 aliphatic carbocycles. The number of primary amides is 1. The number of carbonyl (C=O) groups excluding carboxylic acids is 1. The van der Waals surface area contributed by atoms with Gasteiger partial charge in [-0.2, -0.15) is 0 Å². The lowest BCUT2D eigenvalue weighted by molar-refractivity contribution is 0.100. The Morgan fingerprint density at radius 1 is 1.10 bits per heavy atom. The van der Waals surface area contributed by atoms with Gasteiger partial charge in [0.05, 0.1) is 29.9 Å². The standard InChI is InChI=1S/C22H19N5O3/c23-20(28)16-8-4-7-15-18(16)27-30-19(15)22-25-17-12-29-10-9-14(17)21(26-22)24-11-13-5-2-1-3-6-13/h1-8H,9-12H2,(H2,23,28)(H,24,25,26). The number of nitrogens with zero attached hydrogens (tertiary/aromatic N) is 3. The summed E-state index contributed by atoms with van der Waals surface area (Å²) in [6.45, 7) is 1.67. The maximum Gasteiger partial charge on any atom is 0.251 e. The van der Waals surface area contributed by atoms with Gasteiger partial charge < -0.3 is 20.3 Å². The van der Waals surface area contributed by atoms with E-state index in [1.165, 1.54) is 0 Å². The quantitative estimate of drug-likeness (QED) is 0.528. The Balaban J connectivity index is 1.58. The van der Waals surface area contributed by atoms with Crippen LogP contribution in [-0.2, 0) is 24.3 Å². The lowest BCUT2D eigenvalue weighted by Gasteiger charge is -2.20. The Bertz CT molecular complexity index is 1240. The zero-order valence-corrected chi connectivity index (χ0v) is 16.1. The highest BCUT2D eigenvalue weighted by atomic mass is 16.5. The molecule has 1 amide bonds. The molecule has 0 saturated heterocycles. The molecule has 0 fully saturated rings. The molecule has 1 aliphatic rings. The van der Waals surface area contributed by atoms with Crippen molar-refractivity contribution in [1.82, 2.24) is 15.1 Å². The van der Waals surface area contributed by atoms with Gasteiger partial charge >= 0.3 is 0 Å². The van der Waals surface area contributed by atoms with Crippen molar-refractivity contribution < 1.29 is 14.1 Å². The summed E-state index contributed by atoms with van der Waals surface area (Å²) >= 11 is 0. The maximum atomic E-state index is 11.7. The molecule has 3 heterocycles. The van der Waals surface area contributed by atoms with Crippen LogP contribution in [0.5, 0.6) is 0 Å². The average molecular weight is 401 g/mol. The third-order valence-electron chi connectivity index (χ3n) is 5.11. The van der Waals surface area contributed by atoms with Crippen LogP contribution in [0.3, 0.4) is 0 Å². The zero-order valence-electron chi connectivity index (χ0n) is 16.1. The van der Waals surface area contributed by atoms with E-state index >= 15 is 0 Å². The van der Waals surface area contributed by atoms with E-state index in [0.29, 0.717) is 47.8 Å². The third kappa shape index (κ3) is 3.27. The Morgan fingerprint density at radius 3 is 2.80 bits per heavy atom. The number of ether oxygens (including phenoxy) is 1. The first kappa shape index (κ1) is 18.3. The molecule has 5 rings (SSSR count). The summed E-state index contributed by atoms with van der Waals surface area (Å²) in [5.74, 6) is 0.964. The van der Waals surface area contributed by atoms with Gasteiger partial charge in [0, 0.05) is 18.5 Å². The molecule has 0 atom stereocenters. The van der Waals surface area contributed by atoms with E-state index in [1.807, 2.05) is 24.3 Å². The molecule has 8 heteroatoms. The number of anilines is 1. The first-order valence-corrected chi connectivity index (χ1v) is 9.64. The lowest BCUT2D eigenvalue weighted by atomic mass is 10.1. The molecule has 2 aromatic heterocycles. The number of nitrogens with two attached hydrogens (primary N) is 1. The van der Waals surface area contributed by atoms with Crippen molar-refractivity contribution in [2.75, 3.05) is 11.9 Å². The fourth-order valence-electron chi connectivity index (χ4n) is 3.61. The van der Waals surface area contributed by atoms with Gasteiger partial charge in [0.2, 0.25) is 11.6 Å². The fourth-order valence-corrected chi connectivity index (χ4v) is 3.61. The molecule has 0 spiro atoms. The summed E-state index contributed by atoms with van der Waals surface area (Å²) in [5.41, 5.74) is 9.17. The zero-order chi connectivity index (χ0) is 20.5. The van der Waals surface area contributed by atoms with Crippen LogP contribution in [0.1, 0.15) is 27.2 Å². The number of benzene rings is 2. The maximum absolute atomic E-state index is 11.7. The minimum Gasteiger partial charge on any atom is -0.375 e. The van der Waals surface area contributed by atoms with Crippen molar-refractivity contribution in [3.63, 3.8) is 0 Å². The SMILES string of the molecule is NC(=O)c1cccc2c(-c3nc4c(c(NCc5ccccc5)n3)CCOC4)onc12. The normalized spacial score (nSPS) is 13.2. The summed E-state index contributed by atoms with van der Waals surface area (Å²) in [7, 11) is 0. The van der Waals surface area contributed by atoms with Gasteiger partial charge in [0.15, 0.2) is 0 Å². The average Bonchev–Trinajstić information content (AvgIpc) is 3.22. The molecule has 3 N–H and O–H groups in total. The van der Waals surface area contributed by atoms with Crippen molar-refractivity contribution in [1.29, 1.82) is 0 Å². The highest BCUT2D eigenvalue weighted by Crippen LogP contribution is 2.31. The first-order valence-electron chi connectivity index (χ1n) is 9.64. The summed E-state index contributed by atoms with van der Waals surface area (Å²) in [5, 5.41) is 8.11. The van der Waals surface area contributed by atoms with Crippen LogP contribution < -0.4 is 11.1 Å². The Labute approximate surface area is 172 Å². The molecule has 150 valence electrons. The van der Waals surface area contributed by atoms with Crippen LogP contribution >= 0.6 is 0 Å². The van der Waals surface area contributed by atoms with Gasteiger partial charge in [-0.05, 0) is 17.7 Å². The molecule has 4 aromatic rings. The van der Waals surface area contributed by atoms with E-state index in [1.54, 1.807) is 12.1 Å². The molecule has 0 radical (unpaired) electrons. The molecule has 8 nitrogen and oxygen atoms in total. The molecule has 0 bridgehead atoms. The highest BCUT2D eigenvalue weighted by Gasteiger charge is 2.23. The Morgan fingerprint density at radius 2 is 1.97 bits per heavy atom. The molecule has 30 heavy (non-hydrogen) atoms. The van der Waals surface area contributed by atoms with E-state index in [2.05, 4.69) is 27.6 Å². The number of hydrogen-bond donors (Lipinski definition) is 2. The number of carbonyl (C=O) groups is 1. The molecule has 0 unspecified atom stereocenters. The smallest absolute Gasteiger partial charge is 0.251 e. The van der Waals surface area contributed by atoms with Crippen LogP contribution in [0.15, 0.2) is 53.1 Å². The lowest BCUT2D eigenvalue weighted by Crippen LogP contribution is -2.17.